The van der Waals surface area contributed by atoms with Crippen molar-refractivity contribution in [3.63, 3.8) is 0 Å². The van der Waals surface area contributed by atoms with E-state index in [1.54, 1.807) is 6.07 Å². The van der Waals surface area contributed by atoms with Crippen LogP contribution in [0.2, 0.25) is 0 Å². The lowest BCUT2D eigenvalue weighted by atomic mass is 9.45. The summed E-state index contributed by atoms with van der Waals surface area (Å²) in [4.78, 5) is 113. The summed E-state index contributed by atoms with van der Waals surface area (Å²) in [6, 6.07) is 10.4. The molecular weight excluding hydrogens is 818 g/mol. The average molecular weight is 868 g/mol. The third-order valence-corrected chi connectivity index (χ3v) is 12.1. The minimum Gasteiger partial charge on any atom is -0.465 e. The fraction of sp³-hybridized carbons (Fsp3) is 0.558. The van der Waals surface area contributed by atoms with Gasteiger partial charge in [-0.1, -0.05) is 25.1 Å². The molecule has 4 aliphatic rings. The van der Waals surface area contributed by atoms with Crippen LogP contribution in [-0.2, 0) is 77.8 Å². The lowest BCUT2D eigenvalue weighted by Gasteiger charge is -2.67. The molecule has 19 nitrogen and oxygen atoms in total. The molecule has 334 valence electrons. The van der Waals surface area contributed by atoms with E-state index in [4.69, 9.17) is 42.6 Å². The van der Waals surface area contributed by atoms with Gasteiger partial charge in [0.1, 0.15) is 42.0 Å². The zero-order valence-electron chi connectivity index (χ0n) is 35.4. The highest BCUT2D eigenvalue weighted by Crippen LogP contribution is 2.70. The van der Waals surface area contributed by atoms with E-state index in [2.05, 4.69) is 4.98 Å². The number of pyridine rings is 1. The normalized spacial score (nSPS) is 35.0. The van der Waals surface area contributed by atoms with E-state index in [1.807, 2.05) is 0 Å². The zero-order valence-corrected chi connectivity index (χ0v) is 35.4. The summed E-state index contributed by atoms with van der Waals surface area (Å²) < 4.78 is 55.4. The maximum absolute atomic E-state index is 14.4. The Morgan fingerprint density at radius 2 is 1.37 bits per heavy atom. The predicted molar refractivity (Wildman–Crippen MR) is 205 cm³/mol. The first-order valence-electron chi connectivity index (χ1n) is 19.9. The second kappa shape index (κ2) is 17.1. The summed E-state index contributed by atoms with van der Waals surface area (Å²) >= 11 is 0. The summed E-state index contributed by atoms with van der Waals surface area (Å²) in [5.74, 6) is -10.7. The third-order valence-electron chi connectivity index (χ3n) is 12.1. The van der Waals surface area contributed by atoms with Crippen LogP contribution in [0.5, 0.6) is 0 Å². The van der Waals surface area contributed by atoms with Crippen molar-refractivity contribution in [2.24, 2.45) is 17.3 Å². The Morgan fingerprint density at radius 1 is 0.774 bits per heavy atom. The maximum atomic E-state index is 14.4. The van der Waals surface area contributed by atoms with Crippen LogP contribution in [-0.4, -0.2) is 124 Å². The number of cyclic esters (lactones) is 1. The maximum Gasteiger partial charge on any atom is 0.340 e. The number of nitrogens with zero attached hydrogens (tertiary/aromatic N) is 1. The largest absolute Gasteiger partial charge is 0.465 e. The molecule has 4 bridgehead atoms. The number of hydrogen-bond donors (Lipinski definition) is 1. The van der Waals surface area contributed by atoms with E-state index in [9.17, 15) is 43.5 Å². The van der Waals surface area contributed by atoms with E-state index >= 15 is 0 Å². The molecule has 3 heterocycles. The Morgan fingerprint density at radius 3 is 1.98 bits per heavy atom. The molecule has 1 aromatic carbocycles. The van der Waals surface area contributed by atoms with Crippen LogP contribution in [0.3, 0.4) is 0 Å². The Kier molecular flexibility index (Phi) is 12.6. The van der Waals surface area contributed by atoms with Crippen LogP contribution in [0, 0.1) is 17.3 Å². The van der Waals surface area contributed by atoms with Gasteiger partial charge in [0.25, 0.3) is 0 Å². The second-order valence-electron chi connectivity index (χ2n) is 16.4. The molecule has 2 aromatic rings. The number of fused-ring (bicyclic) bond motifs is 5. The van der Waals surface area contributed by atoms with Crippen molar-refractivity contribution in [3.05, 3.63) is 65.5 Å². The van der Waals surface area contributed by atoms with Gasteiger partial charge in [0.15, 0.2) is 30.0 Å². The van der Waals surface area contributed by atoms with Crippen molar-refractivity contribution in [2.75, 3.05) is 13.2 Å². The van der Waals surface area contributed by atoms with Crippen LogP contribution < -0.4 is 0 Å². The summed E-state index contributed by atoms with van der Waals surface area (Å²) in [6.45, 7) is 7.17. The average Bonchev–Trinajstić information content (AvgIpc) is 3.41. The lowest BCUT2D eigenvalue weighted by Crippen LogP contribution is -2.89. The van der Waals surface area contributed by atoms with Gasteiger partial charge >= 0.3 is 47.8 Å². The highest BCUT2D eigenvalue weighted by atomic mass is 16.7. The quantitative estimate of drug-likeness (QED) is 0.295. The Balaban J connectivity index is 1.79. The molecule has 2 aliphatic heterocycles. The van der Waals surface area contributed by atoms with Crippen molar-refractivity contribution in [3.8, 4) is 0 Å². The SMILES string of the molecule is CC(=O)OC[C@]12[C@H](OC(C)=O)[C@@H](OC(C)=O)[C@H]3[C@@H](OC(C)=O)[C@]14O[C@@]3(C)COC(=O)c1cccnc1CC[C@H](C)C(=O)O[C@@H]([C@H](OC(C)=O)[C@@H]2OC(=O)c1ccccc1)[C@]4(C)O. The molecule has 0 radical (unpaired) electrons. The molecule has 0 unspecified atom stereocenters. The molecule has 12 atom stereocenters. The van der Waals surface area contributed by atoms with Crippen molar-refractivity contribution in [2.45, 2.75) is 122 Å². The lowest BCUT2D eigenvalue weighted by molar-refractivity contribution is -0.385. The van der Waals surface area contributed by atoms with Gasteiger partial charge in [0.2, 0.25) is 0 Å². The standard InChI is InChI=1S/C43H49NO18/c1-21-16-17-29-28(15-12-18-44-29)39(52)55-19-40(7)30-31(56-23(3)46)35(59-26(6)49)42(20-54-22(2)45)36(61-38(51)27-13-10-9-11-14-27)32(57-24(4)47)34(60-37(21)50)41(8,53)43(42,62-40)33(30)58-25(5)48/h9-15,18,21,30-36,53H,16-17,19-20H2,1-8H3/t21-,30-,31-,32-,33+,34-,35+,36-,40-,41-,42+,43+/m0/s1. The Labute approximate surface area is 355 Å². The summed E-state index contributed by atoms with van der Waals surface area (Å²) in [7, 11) is 0. The van der Waals surface area contributed by atoms with Crippen molar-refractivity contribution < 1.29 is 86.1 Å². The van der Waals surface area contributed by atoms with E-state index < -0.39 is 132 Å². The molecule has 0 amide bonds. The molecule has 19 heteroatoms. The van der Waals surface area contributed by atoms with Crippen LogP contribution >= 0.6 is 0 Å². The number of aromatic nitrogens is 1. The van der Waals surface area contributed by atoms with Gasteiger partial charge in [-0.2, -0.15) is 0 Å². The van der Waals surface area contributed by atoms with Crippen molar-refractivity contribution in [1.29, 1.82) is 0 Å². The number of ether oxygens (including phenoxy) is 9. The smallest absolute Gasteiger partial charge is 0.340 e. The summed E-state index contributed by atoms with van der Waals surface area (Å²) in [6.07, 6.45) is -10.6. The van der Waals surface area contributed by atoms with Gasteiger partial charge in [-0.25, -0.2) is 9.59 Å². The number of rotatable bonds is 8. The first kappa shape index (κ1) is 45.6. The molecule has 2 aliphatic carbocycles. The molecule has 2 saturated carbocycles. The van der Waals surface area contributed by atoms with Gasteiger partial charge in [-0.15, -0.1) is 0 Å². The minimum atomic E-state index is -2.84. The van der Waals surface area contributed by atoms with E-state index in [0.717, 1.165) is 41.5 Å². The number of aliphatic hydroxyl groups is 1. The van der Waals surface area contributed by atoms with Crippen LogP contribution in [0.15, 0.2) is 48.7 Å². The van der Waals surface area contributed by atoms with Crippen LogP contribution in [0.4, 0.5) is 0 Å². The van der Waals surface area contributed by atoms with E-state index in [1.165, 1.54) is 56.4 Å². The highest BCUT2D eigenvalue weighted by molar-refractivity contribution is 5.91. The number of carbonyl (C=O) groups is 8. The molecule has 3 fully saturated rings. The van der Waals surface area contributed by atoms with Crippen molar-refractivity contribution in [1.82, 2.24) is 4.98 Å². The highest BCUT2D eigenvalue weighted by Gasteiger charge is 2.92. The molecule has 1 spiro atoms. The molecular formula is C43H49NO18. The number of aryl methyl sites for hydroxylation is 1. The summed E-state index contributed by atoms with van der Waals surface area (Å²) in [5.41, 5.74) is -10.2. The molecule has 1 saturated heterocycles. The predicted octanol–water partition coefficient (Wildman–Crippen LogP) is 2.16. The van der Waals surface area contributed by atoms with Gasteiger partial charge in [0, 0.05) is 40.8 Å². The minimum absolute atomic E-state index is 0.0225. The van der Waals surface area contributed by atoms with Gasteiger partial charge in [-0.05, 0) is 51.0 Å². The molecule has 1 N–H and O–H groups in total. The summed E-state index contributed by atoms with van der Waals surface area (Å²) in [5, 5.41) is 13.6. The fourth-order valence-corrected chi connectivity index (χ4v) is 9.74. The number of benzene rings is 1. The first-order chi connectivity index (χ1) is 29.1. The number of carbonyl (C=O) groups excluding carboxylic acids is 8. The van der Waals surface area contributed by atoms with Crippen LogP contribution in [0.1, 0.15) is 88.2 Å². The molecule has 6 rings (SSSR count). The zero-order chi connectivity index (χ0) is 45.5. The Hall–Kier alpha value is -5.95. The molecule has 62 heavy (non-hydrogen) atoms. The number of esters is 8. The van der Waals surface area contributed by atoms with E-state index in [0.29, 0.717) is 0 Å². The van der Waals surface area contributed by atoms with Crippen molar-refractivity contribution >= 4 is 47.8 Å². The van der Waals surface area contributed by atoms with Gasteiger partial charge < -0.3 is 47.7 Å². The number of hydrogen-bond acceptors (Lipinski definition) is 19. The Bertz CT molecular complexity index is 2140. The first-order valence-corrected chi connectivity index (χ1v) is 19.9. The van der Waals surface area contributed by atoms with Gasteiger partial charge in [0.05, 0.1) is 28.7 Å². The van der Waals surface area contributed by atoms with Gasteiger partial charge in [-0.3, -0.25) is 33.8 Å². The fourth-order valence-electron chi connectivity index (χ4n) is 9.74. The topological polar surface area (TPSA) is 253 Å². The monoisotopic (exact) mass is 867 g/mol. The third kappa shape index (κ3) is 7.76. The molecule has 1 aromatic heterocycles. The van der Waals surface area contributed by atoms with Crippen LogP contribution in [0.25, 0.3) is 0 Å². The van der Waals surface area contributed by atoms with E-state index in [-0.39, 0.29) is 29.7 Å². The second-order valence-corrected chi connectivity index (χ2v) is 16.4.